The van der Waals surface area contributed by atoms with Gasteiger partial charge >= 0.3 is 0 Å². The van der Waals surface area contributed by atoms with Gasteiger partial charge in [0.25, 0.3) is 5.91 Å². The van der Waals surface area contributed by atoms with Crippen LogP contribution >= 0.6 is 12.4 Å². The standard InChI is InChI=1S/C12H17N3O.ClH/c1-2-10-3-4-14-11(9-10)12(16)15-7-5-13-6-8-15;/h3-4,9,13H,2,5-8H2,1H3;1H. The molecule has 1 aromatic rings. The second-order valence-corrected chi connectivity index (χ2v) is 3.95. The lowest BCUT2D eigenvalue weighted by Gasteiger charge is -2.27. The number of piperazine rings is 1. The summed E-state index contributed by atoms with van der Waals surface area (Å²) >= 11 is 0. The van der Waals surface area contributed by atoms with Crippen LogP contribution in [-0.4, -0.2) is 42.0 Å². The van der Waals surface area contributed by atoms with Crippen molar-refractivity contribution in [2.45, 2.75) is 13.3 Å². The van der Waals surface area contributed by atoms with Crippen molar-refractivity contribution in [2.24, 2.45) is 0 Å². The van der Waals surface area contributed by atoms with Crippen molar-refractivity contribution < 1.29 is 4.79 Å². The molecule has 1 aliphatic heterocycles. The van der Waals surface area contributed by atoms with E-state index in [0.29, 0.717) is 5.69 Å². The van der Waals surface area contributed by atoms with Crippen molar-refractivity contribution in [1.29, 1.82) is 0 Å². The molecule has 17 heavy (non-hydrogen) atoms. The Morgan fingerprint density at radius 2 is 2.18 bits per heavy atom. The molecule has 0 atom stereocenters. The topological polar surface area (TPSA) is 45.2 Å². The van der Waals surface area contributed by atoms with Gasteiger partial charge < -0.3 is 10.2 Å². The van der Waals surface area contributed by atoms with Crippen molar-refractivity contribution in [3.05, 3.63) is 29.6 Å². The van der Waals surface area contributed by atoms with Gasteiger partial charge in [-0.15, -0.1) is 12.4 Å². The third-order valence-electron chi connectivity index (χ3n) is 2.86. The van der Waals surface area contributed by atoms with Crippen molar-refractivity contribution in [3.63, 3.8) is 0 Å². The molecule has 0 aromatic carbocycles. The fourth-order valence-corrected chi connectivity index (χ4v) is 1.84. The summed E-state index contributed by atoms with van der Waals surface area (Å²) < 4.78 is 0. The molecule has 1 N–H and O–H groups in total. The van der Waals surface area contributed by atoms with Gasteiger partial charge in [-0.1, -0.05) is 6.92 Å². The average Bonchev–Trinajstić information content (AvgIpc) is 2.39. The molecule has 4 nitrogen and oxygen atoms in total. The molecule has 2 heterocycles. The number of aromatic nitrogens is 1. The number of rotatable bonds is 2. The number of carbonyl (C=O) groups excluding carboxylic acids is 1. The van der Waals surface area contributed by atoms with E-state index in [1.165, 1.54) is 0 Å². The van der Waals surface area contributed by atoms with Crippen LogP contribution in [0.15, 0.2) is 18.3 Å². The molecule has 1 aromatic heterocycles. The van der Waals surface area contributed by atoms with E-state index in [1.807, 2.05) is 17.0 Å². The van der Waals surface area contributed by atoms with E-state index < -0.39 is 0 Å². The second kappa shape index (κ2) is 6.57. The van der Waals surface area contributed by atoms with Gasteiger partial charge in [-0.3, -0.25) is 9.78 Å². The van der Waals surface area contributed by atoms with Gasteiger partial charge in [-0.25, -0.2) is 0 Å². The zero-order valence-electron chi connectivity index (χ0n) is 9.98. The lowest BCUT2D eigenvalue weighted by molar-refractivity contribution is 0.0730. The van der Waals surface area contributed by atoms with E-state index in [9.17, 15) is 4.79 Å². The second-order valence-electron chi connectivity index (χ2n) is 3.95. The lowest BCUT2D eigenvalue weighted by atomic mass is 10.1. The van der Waals surface area contributed by atoms with E-state index in [2.05, 4.69) is 17.2 Å². The van der Waals surface area contributed by atoms with Crippen LogP contribution in [-0.2, 0) is 6.42 Å². The first-order valence-electron chi connectivity index (χ1n) is 5.76. The number of hydrogen-bond donors (Lipinski definition) is 1. The largest absolute Gasteiger partial charge is 0.335 e. The minimum atomic E-state index is 0. The Labute approximate surface area is 108 Å². The summed E-state index contributed by atoms with van der Waals surface area (Å²) in [5.41, 5.74) is 1.73. The van der Waals surface area contributed by atoms with Crippen molar-refractivity contribution >= 4 is 18.3 Å². The summed E-state index contributed by atoms with van der Waals surface area (Å²) in [6.07, 6.45) is 2.65. The number of pyridine rings is 1. The van der Waals surface area contributed by atoms with Crippen molar-refractivity contribution in [3.8, 4) is 0 Å². The van der Waals surface area contributed by atoms with Crippen LogP contribution in [0.25, 0.3) is 0 Å². The third kappa shape index (κ3) is 3.41. The molecule has 2 rings (SSSR count). The predicted molar refractivity (Wildman–Crippen MR) is 69.6 cm³/mol. The summed E-state index contributed by atoms with van der Waals surface area (Å²) in [6, 6.07) is 3.85. The number of hydrogen-bond acceptors (Lipinski definition) is 3. The van der Waals surface area contributed by atoms with Crippen LogP contribution in [0.4, 0.5) is 0 Å². The first kappa shape index (κ1) is 13.9. The summed E-state index contributed by atoms with van der Waals surface area (Å²) in [6.45, 7) is 5.38. The van der Waals surface area contributed by atoms with Gasteiger partial charge in [-0.05, 0) is 24.1 Å². The third-order valence-corrected chi connectivity index (χ3v) is 2.86. The Hall–Kier alpha value is -1.13. The quantitative estimate of drug-likeness (QED) is 0.861. The Kier molecular flexibility index (Phi) is 5.38. The van der Waals surface area contributed by atoms with Crippen molar-refractivity contribution in [2.75, 3.05) is 26.2 Å². The molecule has 0 unspecified atom stereocenters. The molecule has 94 valence electrons. The van der Waals surface area contributed by atoms with Gasteiger partial charge in [0, 0.05) is 32.4 Å². The lowest BCUT2D eigenvalue weighted by Crippen LogP contribution is -2.46. The van der Waals surface area contributed by atoms with Crippen LogP contribution in [0.2, 0.25) is 0 Å². The average molecular weight is 256 g/mol. The van der Waals surface area contributed by atoms with Crippen LogP contribution in [0.1, 0.15) is 23.0 Å². The van der Waals surface area contributed by atoms with Crippen molar-refractivity contribution in [1.82, 2.24) is 15.2 Å². The Bertz CT molecular complexity index is 378. The highest BCUT2D eigenvalue weighted by Gasteiger charge is 2.18. The minimum absolute atomic E-state index is 0. The molecule has 0 spiro atoms. The van der Waals surface area contributed by atoms with E-state index in [0.717, 1.165) is 38.2 Å². The number of carbonyl (C=O) groups is 1. The van der Waals surface area contributed by atoms with Gasteiger partial charge in [0.1, 0.15) is 5.69 Å². The highest BCUT2D eigenvalue weighted by Crippen LogP contribution is 2.06. The highest BCUT2D eigenvalue weighted by atomic mass is 35.5. The number of nitrogens with zero attached hydrogens (tertiary/aromatic N) is 2. The smallest absolute Gasteiger partial charge is 0.272 e. The van der Waals surface area contributed by atoms with Crippen LogP contribution < -0.4 is 5.32 Å². The van der Waals surface area contributed by atoms with Gasteiger partial charge in [0.05, 0.1) is 0 Å². The molecule has 5 heteroatoms. The zero-order valence-corrected chi connectivity index (χ0v) is 10.8. The first-order valence-corrected chi connectivity index (χ1v) is 5.76. The number of amides is 1. The maximum atomic E-state index is 12.1. The molecule has 0 aliphatic carbocycles. The van der Waals surface area contributed by atoms with Gasteiger partial charge in [0.15, 0.2) is 0 Å². The number of halogens is 1. The van der Waals surface area contributed by atoms with Gasteiger partial charge in [0.2, 0.25) is 0 Å². The molecule has 1 saturated heterocycles. The summed E-state index contributed by atoms with van der Waals surface area (Å²) in [4.78, 5) is 18.1. The highest BCUT2D eigenvalue weighted by molar-refractivity contribution is 5.92. The molecular formula is C12H18ClN3O. The molecule has 1 aliphatic rings. The normalized spacial score (nSPS) is 15.2. The predicted octanol–water partition coefficient (Wildman–Crippen LogP) is 1.11. The number of aryl methyl sites for hydroxylation is 1. The van der Waals surface area contributed by atoms with E-state index in [-0.39, 0.29) is 18.3 Å². The molecule has 0 bridgehead atoms. The molecule has 1 fully saturated rings. The molecule has 0 radical (unpaired) electrons. The van der Waals surface area contributed by atoms with Crippen LogP contribution in [0, 0.1) is 0 Å². The molecule has 0 saturated carbocycles. The summed E-state index contributed by atoms with van der Waals surface area (Å²) in [5, 5.41) is 3.23. The van der Waals surface area contributed by atoms with E-state index in [1.54, 1.807) is 6.20 Å². The molecule has 1 amide bonds. The number of nitrogens with one attached hydrogen (secondary N) is 1. The maximum absolute atomic E-state index is 12.1. The monoisotopic (exact) mass is 255 g/mol. The SMILES string of the molecule is CCc1ccnc(C(=O)N2CCNCC2)c1.Cl. The Balaban J connectivity index is 0.00000144. The summed E-state index contributed by atoms with van der Waals surface area (Å²) in [7, 11) is 0. The zero-order chi connectivity index (χ0) is 11.4. The van der Waals surface area contributed by atoms with E-state index in [4.69, 9.17) is 0 Å². The van der Waals surface area contributed by atoms with Crippen LogP contribution in [0.5, 0.6) is 0 Å². The fourth-order valence-electron chi connectivity index (χ4n) is 1.84. The maximum Gasteiger partial charge on any atom is 0.272 e. The fraction of sp³-hybridized carbons (Fsp3) is 0.500. The minimum Gasteiger partial charge on any atom is -0.335 e. The van der Waals surface area contributed by atoms with E-state index >= 15 is 0 Å². The molecular weight excluding hydrogens is 238 g/mol. The van der Waals surface area contributed by atoms with Gasteiger partial charge in [-0.2, -0.15) is 0 Å². The first-order chi connectivity index (χ1) is 7.81. The van der Waals surface area contributed by atoms with Crippen LogP contribution in [0.3, 0.4) is 0 Å². The Morgan fingerprint density at radius 3 is 2.82 bits per heavy atom. The Morgan fingerprint density at radius 1 is 1.47 bits per heavy atom. The summed E-state index contributed by atoms with van der Waals surface area (Å²) in [5.74, 6) is 0.0526.